The third-order valence-electron chi connectivity index (χ3n) is 6.63. The van der Waals surface area contributed by atoms with Gasteiger partial charge in [0.25, 0.3) is 11.7 Å². The van der Waals surface area contributed by atoms with Gasteiger partial charge in [-0.2, -0.15) is 0 Å². The summed E-state index contributed by atoms with van der Waals surface area (Å²) >= 11 is 0. The monoisotopic (exact) mass is 529 g/mol. The number of esters is 1. The number of carbonyl (C=O) groups is 3. The fourth-order valence-electron chi connectivity index (χ4n) is 4.69. The minimum absolute atomic E-state index is 0.0517. The molecule has 202 valence electrons. The van der Waals surface area contributed by atoms with Crippen molar-refractivity contribution in [2.24, 2.45) is 0 Å². The van der Waals surface area contributed by atoms with E-state index in [4.69, 9.17) is 14.2 Å². The van der Waals surface area contributed by atoms with Crippen molar-refractivity contribution in [1.29, 1.82) is 0 Å². The molecule has 1 aliphatic rings. The second-order valence-electron chi connectivity index (χ2n) is 9.32. The second kappa shape index (κ2) is 11.4. The Morgan fingerprint density at radius 2 is 1.67 bits per heavy atom. The zero-order chi connectivity index (χ0) is 28.3. The van der Waals surface area contributed by atoms with E-state index in [1.165, 1.54) is 31.3 Å². The minimum atomic E-state index is -0.946. The number of ketones is 1. The number of aliphatic hydroxyl groups excluding tert-OH is 1. The van der Waals surface area contributed by atoms with E-state index in [0.717, 1.165) is 5.56 Å². The van der Waals surface area contributed by atoms with E-state index >= 15 is 0 Å². The highest BCUT2D eigenvalue weighted by molar-refractivity contribution is 6.51. The number of hydrogen-bond acceptors (Lipinski definition) is 7. The molecule has 0 spiro atoms. The average Bonchev–Trinajstić information content (AvgIpc) is 3.22. The van der Waals surface area contributed by atoms with Crippen molar-refractivity contribution in [1.82, 2.24) is 0 Å². The number of rotatable bonds is 8. The van der Waals surface area contributed by atoms with E-state index < -0.39 is 23.7 Å². The molecule has 1 heterocycles. The lowest BCUT2D eigenvalue weighted by molar-refractivity contribution is -0.132. The maximum absolute atomic E-state index is 13.5. The fourth-order valence-corrected chi connectivity index (χ4v) is 4.69. The molecule has 8 nitrogen and oxygen atoms in total. The van der Waals surface area contributed by atoms with E-state index in [0.29, 0.717) is 40.5 Å². The summed E-state index contributed by atoms with van der Waals surface area (Å²) in [6.45, 7) is 6.40. The molecule has 8 heteroatoms. The van der Waals surface area contributed by atoms with E-state index in [9.17, 15) is 19.5 Å². The van der Waals surface area contributed by atoms with Gasteiger partial charge in [-0.15, -0.1) is 0 Å². The molecule has 0 aliphatic carbocycles. The first-order valence-electron chi connectivity index (χ1n) is 12.6. The van der Waals surface area contributed by atoms with Crippen LogP contribution >= 0.6 is 0 Å². The van der Waals surface area contributed by atoms with E-state index in [2.05, 4.69) is 0 Å². The Kier molecular flexibility index (Phi) is 8.04. The van der Waals surface area contributed by atoms with Crippen LogP contribution in [0.2, 0.25) is 0 Å². The Morgan fingerprint density at radius 3 is 2.28 bits per heavy atom. The van der Waals surface area contributed by atoms with Crippen molar-refractivity contribution >= 4 is 29.1 Å². The number of benzene rings is 3. The number of anilines is 1. The fraction of sp³-hybridized carbons (Fsp3) is 0.258. The highest BCUT2D eigenvalue weighted by atomic mass is 16.5. The molecule has 3 aromatic carbocycles. The van der Waals surface area contributed by atoms with Crippen LogP contribution in [0.15, 0.2) is 72.3 Å². The number of ether oxygens (including phenoxy) is 3. The topological polar surface area (TPSA) is 102 Å². The molecule has 1 unspecified atom stereocenters. The SMILES string of the molecule is CCOc1ccc(/C(O)=C2/C(=O)C(=O)N(c3ccc(C(=O)OC)cc3)C2c2cccc(OC)c2)cc1C(C)C. The summed E-state index contributed by atoms with van der Waals surface area (Å²) in [5, 5.41) is 11.6. The van der Waals surface area contributed by atoms with Gasteiger partial charge in [-0.25, -0.2) is 4.79 Å². The molecule has 3 aromatic rings. The summed E-state index contributed by atoms with van der Waals surface area (Å²) in [7, 11) is 2.80. The Balaban J connectivity index is 1.91. The Morgan fingerprint density at radius 1 is 0.974 bits per heavy atom. The van der Waals surface area contributed by atoms with Gasteiger partial charge in [0.1, 0.15) is 17.3 Å². The molecule has 0 saturated carbocycles. The first-order chi connectivity index (χ1) is 18.7. The summed E-state index contributed by atoms with van der Waals surface area (Å²) in [5.74, 6) is -1.13. The zero-order valence-electron chi connectivity index (χ0n) is 22.6. The molecule has 1 saturated heterocycles. The normalized spacial score (nSPS) is 16.5. The lowest BCUT2D eigenvalue weighted by Crippen LogP contribution is -2.29. The molecule has 1 amide bonds. The Bertz CT molecular complexity index is 1440. The number of carbonyl (C=O) groups excluding carboxylic acids is 3. The molecule has 39 heavy (non-hydrogen) atoms. The van der Waals surface area contributed by atoms with Gasteiger partial charge >= 0.3 is 5.97 Å². The first-order valence-corrected chi connectivity index (χ1v) is 12.6. The van der Waals surface area contributed by atoms with Crippen LogP contribution in [0.4, 0.5) is 5.69 Å². The van der Waals surface area contributed by atoms with Crippen molar-refractivity contribution in [3.63, 3.8) is 0 Å². The van der Waals surface area contributed by atoms with Crippen molar-refractivity contribution in [2.75, 3.05) is 25.7 Å². The maximum atomic E-state index is 13.5. The third-order valence-corrected chi connectivity index (χ3v) is 6.63. The largest absolute Gasteiger partial charge is 0.507 e. The number of aliphatic hydroxyl groups is 1. The average molecular weight is 530 g/mol. The van der Waals surface area contributed by atoms with Crippen LogP contribution in [0.5, 0.6) is 11.5 Å². The van der Waals surface area contributed by atoms with Crippen molar-refractivity contribution in [2.45, 2.75) is 32.7 Å². The molecule has 4 rings (SSSR count). The number of nitrogens with zero attached hydrogens (tertiary/aromatic N) is 1. The van der Waals surface area contributed by atoms with Gasteiger partial charge in [-0.05, 0) is 78.6 Å². The Labute approximate surface area is 227 Å². The van der Waals surface area contributed by atoms with Crippen LogP contribution in [0.25, 0.3) is 5.76 Å². The standard InChI is InChI=1S/C31H31NO7/c1-6-39-25-15-12-21(17-24(25)18(2)3)28(33)26-27(20-8-7-9-23(16-20)37-4)32(30(35)29(26)34)22-13-10-19(11-14-22)31(36)38-5/h7-18,27,33H,6H2,1-5H3/b28-26-. The molecule has 1 atom stereocenters. The van der Waals surface area contributed by atoms with Crippen molar-refractivity contribution < 1.29 is 33.7 Å². The number of hydrogen-bond donors (Lipinski definition) is 1. The predicted molar refractivity (Wildman–Crippen MR) is 147 cm³/mol. The van der Waals surface area contributed by atoms with Crippen molar-refractivity contribution in [3.05, 3.63) is 94.6 Å². The minimum Gasteiger partial charge on any atom is -0.507 e. The summed E-state index contributed by atoms with van der Waals surface area (Å²) in [6, 6.07) is 17.4. The predicted octanol–water partition coefficient (Wildman–Crippen LogP) is 5.63. The summed E-state index contributed by atoms with van der Waals surface area (Å²) in [6.07, 6.45) is 0. The molecule has 0 radical (unpaired) electrons. The molecule has 1 N–H and O–H groups in total. The summed E-state index contributed by atoms with van der Waals surface area (Å²) < 4.78 is 15.9. The highest BCUT2D eigenvalue weighted by Gasteiger charge is 2.47. The molecule has 1 aliphatic heterocycles. The van der Waals surface area contributed by atoms with E-state index in [1.54, 1.807) is 54.6 Å². The zero-order valence-corrected chi connectivity index (χ0v) is 22.6. The van der Waals surface area contributed by atoms with Gasteiger partial charge in [0.2, 0.25) is 0 Å². The number of methoxy groups -OCH3 is 2. The first kappa shape index (κ1) is 27.4. The van der Waals surface area contributed by atoms with Crippen LogP contribution in [-0.2, 0) is 14.3 Å². The van der Waals surface area contributed by atoms with Gasteiger partial charge in [-0.3, -0.25) is 14.5 Å². The molecule has 1 fully saturated rings. The summed E-state index contributed by atoms with van der Waals surface area (Å²) in [4.78, 5) is 40.2. The van der Waals surface area contributed by atoms with Crippen molar-refractivity contribution in [3.8, 4) is 11.5 Å². The van der Waals surface area contributed by atoms with Crippen LogP contribution in [0, 0.1) is 0 Å². The third kappa shape index (κ3) is 5.23. The van der Waals surface area contributed by atoms with Gasteiger partial charge in [0.15, 0.2) is 0 Å². The lowest BCUT2D eigenvalue weighted by atomic mass is 9.93. The molecule has 0 aromatic heterocycles. The smallest absolute Gasteiger partial charge is 0.337 e. The van der Waals surface area contributed by atoms with Crippen LogP contribution < -0.4 is 14.4 Å². The van der Waals surface area contributed by atoms with E-state index in [-0.39, 0.29) is 17.3 Å². The molecule has 0 bridgehead atoms. The van der Waals surface area contributed by atoms with Gasteiger partial charge in [-0.1, -0.05) is 26.0 Å². The van der Waals surface area contributed by atoms with Crippen LogP contribution in [-0.4, -0.2) is 43.6 Å². The van der Waals surface area contributed by atoms with Crippen LogP contribution in [0.1, 0.15) is 59.8 Å². The molecular weight excluding hydrogens is 498 g/mol. The van der Waals surface area contributed by atoms with Crippen LogP contribution in [0.3, 0.4) is 0 Å². The Hall–Kier alpha value is -4.59. The molecular formula is C31H31NO7. The maximum Gasteiger partial charge on any atom is 0.337 e. The number of Topliss-reactive ketones (excluding diaryl/α,β-unsaturated/α-hetero) is 1. The van der Waals surface area contributed by atoms with Gasteiger partial charge in [0.05, 0.1) is 38.0 Å². The van der Waals surface area contributed by atoms with E-state index in [1.807, 2.05) is 20.8 Å². The lowest BCUT2D eigenvalue weighted by Gasteiger charge is -2.26. The number of amides is 1. The second-order valence-corrected chi connectivity index (χ2v) is 9.32. The highest BCUT2D eigenvalue weighted by Crippen LogP contribution is 2.43. The quantitative estimate of drug-likeness (QED) is 0.175. The summed E-state index contributed by atoms with van der Waals surface area (Å²) in [5.41, 5.74) is 2.46. The van der Waals surface area contributed by atoms with Gasteiger partial charge < -0.3 is 19.3 Å². The van der Waals surface area contributed by atoms with Gasteiger partial charge in [0, 0.05) is 11.3 Å².